The molecule has 0 bridgehead atoms. The smallest absolute Gasteiger partial charge is 0.237 e. The molecule has 2 rings (SSSR count). The van der Waals surface area contributed by atoms with Crippen LogP contribution in [0.2, 0.25) is 0 Å². The van der Waals surface area contributed by atoms with E-state index in [1.807, 2.05) is 0 Å². The molecule has 2 aliphatic heterocycles. The van der Waals surface area contributed by atoms with E-state index in [-0.39, 0.29) is 41.9 Å². The summed E-state index contributed by atoms with van der Waals surface area (Å²) < 4.78 is 22.2. The first-order valence-electron chi connectivity index (χ1n) is 4.81. The van der Waals surface area contributed by atoms with Crippen LogP contribution in [0.3, 0.4) is 0 Å². The van der Waals surface area contributed by atoms with Gasteiger partial charge < -0.3 is 10.6 Å². The van der Waals surface area contributed by atoms with Gasteiger partial charge in [0.25, 0.3) is 0 Å². The van der Waals surface area contributed by atoms with Gasteiger partial charge in [0, 0.05) is 6.04 Å². The lowest BCUT2D eigenvalue weighted by molar-refractivity contribution is -0.125. The highest BCUT2D eigenvalue weighted by molar-refractivity contribution is 7.91. The van der Waals surface area contributed by atoms with Crippen molar-refractivity contribution in [1.82, 2.24) is 10.6 Å². The molecule has 0 radical (unpaired) electrons. The number of carbonyl (C=O) groups excluding carboxylic acids is 1. The van der Waals surface area contributed by atoms with Gasteiger partial charge in [-0.3, -0.25) is 4.79 Å². The van der Waals surface area contributed by atoms with Crippen molar-refractivity contribution in [3.8, 4) is 0 Å². The first kappa shape index (κ1) is 12.7. The Bertz CT molecular complexity index is 340. The van der Waals surface area contributed by atoms with Crippen LogP contribution in [0, 0.1) is 0 Å². The number of carbonyl (C=O) groups is 1. The quantitative estimate of drug-likeness (QED) is 0.668. The Balaban J connectivity index is 0.00000112. The van der Waals surface area contributed by atoms with Crippen molar-refractivity contribution in [2.45, 2.75) is 24.9 Å². The summed E-state index contributed by atoms with van der Waals surface area (Å²) in [5.74, 6) is 0.250. The van der Waals surface area contributed by atoms with Gasteiger partial charge >= 0.3 is 0 Å². The summed E-state index contributed by atoms with van der Waals surface area (Å²) in [6.07, 6.45) is 1.41. The average Bonchev–Trinajstić information content (AvgIpc) is 2.25. The molecule has 1 amide bonds. The van der Waals surface area contributed by atoms with E-state index in [4.69, 9.17) is 0 Å². The van der Waals surface area contributed by atoms with Gasteiger partial charge in [-0.05, 0) is 19.4 Å². The van der Waals surface area contributed by atoms with Crippen LogP contribution in [-0.4, -0.2) is 44.5 Å². The Morgan fingerprint density at radius 2 is 2.00 bits per heavy atom. The van der Waals surface area contributed by atoms with E-state index in [9.17, 15) is 13.2 Å². The molecule has 2 fully saturated rings. The highest BCUT2D eigenvalue weighted by Gasteiger charge is 2.32. The Morgan fingerprint density at radius 3 is 2.40 bits per heavy atom. The lowest BCUT2D eigenvalue weighted by Gasteiger charge is -2.27. The van der Waals surface area contributed by atoms with Crippen molar-refractivity contribution in [1.29, 1.82) is 0 Å². The Morgan fingerprint density at radius 1 is 1.33 bits per heavy atom. The fourth-order valence-electron chi connectivity index (χ4n) is 1.72. The van der Waals surface area contributed by atoms with Crippen LogP contribution in [-0.2, 0) is 14.6 Å². The molecule has 0 saturated carbocycles. The summed E-state index contributed by atoms with van der Waals surface area (Å²) in [7, 11) is -2.89. The van der Waals surface area contributed by atoms with Gasteiger partial charge in [-0.1, -0.05) is 0 Å². The maximum Gasteiger partial charge on any atom is 0.237 e. The molecule has 2 heterocycles. The first-order chi connectivity index (χ1) is 6.57. The minimum Gasteiger partial charge on any atom is -0.351 e. The molecule has 0 aromatic heterocycles. The number of hydrogen-bond acceptors (Lipinski definition) is 4. The Labute approximate surface area is 95.3 Å². The summed E-state index contributed by atoms with van der Waals surface area (Å²) in [6, 6.07) is -0.270. The van der Waals surface area contributed by atoms with Gasteiger partial charge in [-0.25, -0.2) is 8.42 Å². The number of hydrogen-bond donors (Lipinski definition) is 2. The van der Waals surface area contributed by atoms with Crippen LogP contribution < -0.4 is 10.6 Å². The third-order valence-corrected chi connectivity index (χ3v) is 4.49. The molecule has 2 atom stereocenters. The topological polar surface area (TPSA) is 75.3 Å². The van der Waals surface area contributed by atoms with Crippen molar-refractivity contribution < 1.29 is 13.2 Å². The second-order valence-electron chi connectivity index (χ2n) is 3.90. The van der Waals surface area contributed by atoms with Crippen molar-refractivity contribution in [2.75, 3.05) is 18.1 Å². The molecule has 5 nitrogen and oxygen atoms in total. The molecule has 15 heavy (non-hydrogen) atoms. The summed E-state index contributed by atoms with van der Waals surface area (Å²) in [4.78, 5) is 11.4. The highest BCUT2D eigenvalue weighted by Crippen LogP contribution is 2.12. The lowest BCUT2D eigenvalue weighted by atomic mass is 10.1. The number of nitrogens with one attached hydrogen (secondary N) is 2. The van der Waals surface area contributed by atoms with Crippen molar-refractivity contribution in [2.24, 2.45) is 0 Å². The molecule has 2 saturated heterocycles. The summed E-state index contributed by atoms with van der Waals surface area (Å²) in [5.41, 5.74) is 0. The van der Waals surface area contributed by atoms with E-state index >= 15 is 0 Å². The predicted molar refractivity (Wildman–Crippen MR) is 58.9 cm³/mol. The molecule has 0 aliphatic carbocycles. The SMILES string of the molecule is Cl.O=C(NC1CCS(=O)(=O)C1)[C@H]1CCN1. The van der Waals surface area contributed by atoms with E-state index in [0.29, 0.717) is 6.42 Å². The number of sulfone groups is 1. The number of halogens is 1. The zero-order valence-corrected chi connectivity index (χ0v) is 9.86. The molecule has 2 N–H and O–H groups in total. The Kier molecular flexibility index (Phi) is 3.97. The summed E-state index contributed by atoms with van der Waals surface area (Å²) >= 11 is 0. The standard InChI is InChI=1S/C8H14N2O3S.ClH/c11-8(7-1-3-9-7)10-6-2-4-14(12,13)5-6;/h6-7,9H,1-5H2,(H,10,11);1H/t6?,7-;/m1./s1. The van der Waals surface area contributed by atoms with Crippen LogP contribution in [0.5, 0.6) is 0 Å². The van der Waals surface area contributed by atoms with Crippen LogP contribution in [0.25, 0.3) is 0 Å². The molecule has 88 valence electrons. The molecule has 2 aliphatic rings. The van der Waals surface area contributed by atoms with Crippen molar-refractivity contribution in [3.63, 3.8) is 0 Å². The number of amides is 1. The van der Waals surface area contributed by atoms with Gasteiger partial charge in [-0.15, -0.1) is 12.4 Å². The van der Waals surface area contributed by atoms with Gasteiger partial charge in [0.05, 0.1) is 17.5 Å². The monoisotopic (exact) mass is 254 g/mol. The minimum absolute atomic E-state index is 0. The largest absolute Gasteiger partial charge is 0.351 e. The van der Waals surface area contributed by atoms with E-state index in [2.05, 4.69) is 10.6 Å². The van der Waals surface area contributed by atoms with Gasteiger partial charge in [0.2, 0.25) is 5.91 Å². The van der Waals surface area contributed by atoms with E-state index in [1.54, 1.807) is 0 Å². The van der Waals surface area contributed by atoms with E-state index in [0.717, 1.165) is 13.0 Å². The second kappa shape index (κ2) is 4.67. The predicted octanol–water partition coefficient (Wildman–Crippen LogP) is -0.927. The molecule has 0 spiro atoms. The molecular weight excluding hydrogens is 240 g/mol. The Hall–Kier alpha value is -0.330. The fourth-order valence-corrected chi connectivity index (χ4v) is 3.40. The second-order valence-corrected chi connectivity index (χ2v) is 6.13. The first-order valence-corrected chi connectivity index (χ1v) is 6.63. The van der Waals surface area contributed by atoms with Crippen LogP contribution in [0.1, 0.15) is 12.8 Å². The summed E-state index contributed by atoms with van der Waals surface area (Å²) in [6.45, 7) is 0.876. The van der Waals surface area contributed by atoms with Gasteiger partial charge in [-0.2, -0.15) is 0 Å². The van der Waals surface area contributed by atoms with Gasteiger partial charge in [0.1, 0.15) is 0 Å². The zero-order chi connectivity index (χ0) is 10.2. The third-order valence-electron chi connectivity index (χ3n) is 2.72. The van der Waals surface area contributed by atoms with E-state index < -0.39 is 9.84 Å². The van der Waals surface area contributed by atoms with Crippen molar-refractivity contribution >= 4 is 28.2 Å². The van der Waals surface area contributed by atoms with Crippen LogP contribution >= 0.6 is 12.4 Å². The average molecular weight is 255 g/mol. The third kappa shape index (κ3) is 3.06. The maximum atomic E-state index is 11.4. The summed E-state index contributed by atoms with van der Waals surface area (Å²) in [5, 5.41) is 5.73. The highest BCUT2D eigenvalue weighted by atomic mass is 35.5. The van der Waals surface area contributed by atoms with Crippen LogP contribution in [0.15, 0.2) is 0 Å². The van der Waals surface area contributed by atoms with Crippen LogP contribution in [0.4, 0.5) is 0 Å². The zero-order valence-electron chi connectivity index (χ0n) is 8.23. The van der Waals surface area contributed by atoms with E-state index in [1.165, 1.54) is 0 Å². The minimum atomic E-state index is -2.89. The normalized spacial score (nSPS) is 32.5. The molecular formula is C8H15ClN2O3S. The molecule has 1 unspecified atom stereocenters. The maximum absolute atomic E-state index is 11.4. The lowest BCUT2D eigenvalue weighted by Crippen LogP contribution is -2.55. The van der Waals surface area contributed by atoms with Gasteiger partial charge in [0.15, 0.2) is 9.84 Å². The molecule has 0 aromatic carbocycles. The van der Waals surface area contributed by atoms with Crippen molar-refractivity contribution in [3.05, 3.63) is 0 Å². The fraction of sp³-hybridized carbons (Fsp3) is 0.875. The molecule has 7 heteroatoms. The number of rotatable bonds is 2. The molecule has 0 aromatic rings.